The highest BCUT2D eigenvalue weighted by molar-refractivity contribution is 7.21. The average Bonchev–Trinajstić information content (AvgIpc) is 2.76. The van der Waals surface area contributed by atoms with E-state index in [1.807, 2.05) is 19.9 Å². The van der Waals surface area contributed by atoms with Crippen molar-refractivity contribution in [2.75, 3.05) is 32.5 Å². The van der Waals surface area contributed by atoms with Crippen molar-refractivity contribution in [2.45, 2.75) is 13.8 Å². The first-order valence-electron chi connectivity index (χ1n) is 6.53. The van der Waals surface area contributed by atoms with Crippen molar-refractivity contribution in [2.24, 2.45) is 0 Å². The minimum atomic E-state index is -0.0791. The first-order valence-corrected chi connectivity index (χ1v) is 7.34. The molecule has 0 aliphatic heterocycles. The molecule has 6 heteroatoms. The quantitative estimate of drug-likeness (QED) is 0.859. The van der Waals surface area contributed by atoms with Gasteiger partial charge in [0.15, 0.2) is 0 Å². The van der Waals surface area contributed by atoms with Crippen molar-refractivity contribution in [3.05, 3.63) is 22.7 Å². The molecule has 0 saturated carbocycles. The Labute approximate surface area is 122 Å². The predicted molar refractivity (Wildman–Crippen MR) is 82.2 cm³/mol. The van der Waals surface area contributed by atoms with E-state index < -0.39 is 0 Å². The van der Waals surface area contributed by atoms with Gasteiger partial charge in [-0.15, -0.1) is 11.3 Å². The van der Waals surface area contributed by atoms with Gasteiger partial charge in [0.1, 0.15) is 9.71 Å². The van der Waals surface area contributed by atoms with Crippen molar-refractivity contribution < 1.29 is 9.53 Å². The number of hydrogen-bond donors (Lipinski definition) is 1. The Kier molecular flexibility index (Phi) is 4.57. The molecule has 0 radical (unpaired) electrons. The average molecular weight is 293 g/mol. The highest BCUT2D eigenvalue weighted by atomic mass is 32.1. The zero-order chi connectivity index (χ0) is 14.7. The number of likely N-dealkylation sites (N-methyl/N-ethyl adjacent to an activating group) is 1. The molecular formula is C14H19N3O2S. The normalized spacial score (nSPS) is 10.9. The third kappa shape index (κ3) is 2.76. The molecule has 0 aliphatic carbocycles. The third-order valence-corrected chi connectivity index (χ3v) is 4.25. The monoisotopic (exact) mass is 293 g/mol. The van der Waals surface area contributed by atoms with Crippen LogP contribution >= 0.6 is 11.3 Å². The highest BCUT2D eigenvalue weighted by Gasteiger charge is 2.21. The molecule has 0 atom stereocenters. The summed E-state index contributed by atoms with van der Waals surface area (Å²) in [6, 6.07) is 1.90. The number of hydrogen-bond acceptors (Lipinski definition) is 5. The molecule has 2 rings (SSSR count). The number of aryl methyl sites for hydroxylation is 1. The van der Waals surface area contributed by atoms with Crippen LogP contribution < -0.4 is 5.73 Å². The van der Waals surface area contributed by atoms with Crippen molar-refractivity contribution in [3.63, 3.8) is 0 Å². The number of carbonyl (C=O) groups excluding carboxylic acids is 1. The summed E-state index contributed by atoms with van der Waals surface area (Å²) < 4.78 is 5.26. The molecule has 108 valence electrons. The molecule has 0 bridgehead atoms. The Morgan fingerprint density at radius 3 is 2.95 bits per heavy atom. The minimum Gasteiger partial charge on any atom is -0.397 e. The van der Waals surface area contributed by atoms with Crippen LogP contribution in [0, 0.1) is 6.92 Å². The van der Waals surface area contributed by atoms with Gasteiger partial charge < -0.3 is 15.4 Å². The fraction of sp³-hybridized carbons (Fsp3) is 0.429. The molecular weight excluding hydrogens is 274 g/mol. The number of ether oxygens (including phenoxy) is 1. The topological polar surface area (TPSA) is 68.5 Å². The summed E-state index contributed by atoms with van der Waals surface area (Å²) in [5.41, 5.74) is 7.70. The molecule has 1 amide bonds. The number of amides is 1. The highest BCUT2D eigenvalue weighted by Crippen LogP contribution is 2.34. The maximum Gasteiger partial charge on any atom is 0.265 e. The maximum atomic E-state index is 12.4. The summed E-state index contributed by atoms with van der Waals surface area (Å²) in [6.07, 6.45) is 1.74. The van der Waals surface area contributed by atoms with Crippen LogP contribution in [0.4, 0.5) is 5.69 Å². The summed E-state index contributed by atoms with van der Waals surface area (Å²) >= 11 is 1.35. The van der Waals surface area contributed by atoms with Gasteiger partial charge in [0, 0.05) is 31.8 Å². The second-order valence-corrected chi connectivity index (χ2v) is 5.58. The Hall–Kier alpha value is -1.66. The van der Waals surface area contributed by atoms with E-state index in [4.69, 9.17) is 10.5 Å². The van der Waals surface area contributed by atoms with E-state index in [0.29, 0.717) is 30.3 Å². The minimum absolute atomic E-state index is 0.0791. The maximum absolute atomic E-state index is 12.4. The molecule has 0 aromatic carbocycles. The number of nitrogens with zero attached hydrogens (tertiary/aromatic N) is 2. The SMILES string of the molecule is CCOCCN(C)C(=O)c1sc2nccc(C)c2c1N. The van der Waals surface area contributed by atoms with Crippen molar-refractivity contribution in [1.29, 1.82) is 0 Å². The molecule has 0 aliphatic rings. The number of carbonyl (C=O) groups is 1. The molecule has 0 unspecified atom stereocenters. The number of anilines is 1. The van der Waals surface area contributed by atoms with Crippen LogP contribution in [0.5, 0.6) is 0 Å². The zero-order valence-electron chi connectivity index (χ0n) is 12.0. The number of aromatic nitrogens is 1. The number of nitrogen functional groups attached to an aromatic ring is 1. The van der Waals surface area contributed by atoms with E-state index in [9.17, 15) is 4.79 Å². The Morgan fingerprint density at radius 2 is 2.30 bits per heavy atom. The van der Waals surface area contributed by atoms with Crippen LogP contribution in [0.25, 0.3) is 10.2 Å². The van der Waals surface area contributed by atoms with Crippen LogP contribution in [0.1, 0.15) is 22.2 Å². The number of nitrogens with two attached hydrogens (primary N) is 1. The van der Waals surface area contributed by atoms with Gasteiger partial charge in [-0.1, -0.05) is 0 Å². The smallest absolute Gasteiger partial charge is 0.265 e. The summed E-state index contributed by atoms with van der Waals surface area (Å²) in [7, 11) is 1.76. The second kappa shape index (κ2) is 6.19. The van der Waals surface area contributed by atoms with Gasteiger partial charge >= 0.3 is 0 Å². The van der Waals surface area contributed by atoms with E-state index in [1.54, 1.807) is 18.1 Å². The lowest BCUT2D eigenvalue weighted by molar-refractivity contribution is 0.0715. The summed E-state index contributed by atoms with van der Waals surface area (Å²) in [5, 5.41) is 0.888. The van der Waals surface area contributed by atoms with Crippen LogP contribution in [0.15, 0.2) is 12.3 Å². The molecule has 0 saturated heterocycles. The fourth-order valence-electron chi connectivity index (χ4n) is 1.98. The van der Waals surface area contributed by atoms with Crippen LogP contribution in [-0.4, -0.2) is 42.6 Å². The van der Waals surface area contributed by atoms with E-state index >= 15 is 0 Å². The largest absolute Gasteiger partial charge is 0.397 e. The van der Waals surface area contributed by atoms with Gasteiger partial charge in [-0.3, -0.25) is 4.79 Å². The molecule has 20 heavy (non-hydrogen) atoms. The molecule has 2 aromatic heterocycles. The van der Waals surface area contributed by atoms with Crippen molar-refractivity contribution >= 4 is 33.1 Å². The van der Waals surface area contributed by atoms with Gasteiger partial charge in [-0.25, -0.2) is 4.98 Å². The van der Waals surface area contributed by atoms with Crippen molar-refractivity contribution in [1.82, 2.24) is 9.88 Å². The Bertz CT molecular complexity index is 624. The molecule has 2 heterocycles. The van der Waals surface area contributed by atoms with Gasteiger partial charge in [0.25, 0.3) is 5.91 Å². The zero-order valence-corrected chi connectivity index (χ0v) is 12.8. The number of rotatable bonds is 5. The summed E-state index contributed by atoms with van der Waals surface area (Å²) in [4.78, 5) is 19.7. The molecule has 2 aromatic rings. The van der Waals surface area contributed by atoms with E-state index in [2.05, 4.69) is 4.98 Å². The lowest BCUT2D eigenvalue weighted by atomic mass is 10.1. The lowest BCUT2D eigenvalue weighted by Crippen LogP contribution is -2.30. The first kappa shape index (κ1) is 14.7. The van der Waals surface area contributed by atoms with E-state index in [1.165, 1.54) is 11.3 Å². The third-order valence-electron chi connectivity index (χ3n) is 3.15. The Morgan fingerprint density at radius 1 is 1.55 bits per heavy atom. The second-order valence-electron chi connectivity index (χ2n) is 4.58. The van der Waals surface area contributed by atoms with E-state index in [-0.39, 0.29) is 5.91 Å². The number of thiophene rings is 1. The number of pyridine rings is 1. The van der Waals surface area contributed by atoms with E-state index in [0.717, 1.165) is 15.8 Å². The van der Waals surface area contributed by atoms with Gasteiger partial charge in [-0.2, -0.15) is 0 Å². The van der Waals surface area contributed by atoms with Gasteiger partial charge in [-0.05, 0) is 25.5 Å². The molecule has 5 nitrogen and oxygen atoms in total. The molecule has 2 N–H and O–H groups in total. The van der Waals surface area contributed by atoms with Gasteiger partial charge in [0.05, 0.1) is 12.3 Å². The lowest BCUT2D eigenvalue weighted by Gasteiger charge is -2.16. The van der Waals surface area contributed by atoms with Crippen LogP contribution in [0.3, 0.4) is 0 Å². The Balaban J connectivity index is 2.26. The van der Waals surface area contributed by atoms with Crippen LogP contribution in [0.2, 0.25) is 0 Å². The first-order chi connectivity index (χ1) is 9.56. The van der Waals surface area contributed by atoms with Gasteiger partial charge in [0.2, 0.25) is 0 Å². The predicted octanol–water partition coefficient (Wildman–Crippen LogP) is 2.30. The molecule has 0 fully saturated rings. The van der Waals surface area contributed by atoms with Crippen LogP contribution in [-0.2, 0) is 4.74 Å². The van der Waals surface area contributed by atoms with Crippen molar-refractivity contribution in [3.8, 4) is 0 Å². The fourth-order valence-corrected chi connectivity index (χ4v) is 3.12. The molecule has 0 spiro atoms. The number of fused-ring (bicyclic) bond motifs is 1. The summed E-state index contributed by atoms with van der Waals surface area (Å²) in [5.74, 6) is -0.0791. The standard InChI is InChI=1S/C14H19N3O2S/c1-4-19-8-7-17(3)14(18)12-11(15)10-9(2)5-6-16-13(10)20-12/h5-6H,4,7-8,15H2,1-3H3. The summed E-state index contributed by atoms with van der Waals surface area (Å²) in [6.45, 7) is 5.63.